The number of ether oxygens (including phenoxy) is 1. The molecule has 0 aliphatic heterocycles. The van der Waals surface area contributed by atoms with Crippen molar-refractivity contribution in [3.8, 4) is 5.75 Å². The van der Waals surface area contributed by atoms with E-state index in [1.165, 1.54) is 6.07 Å². The van der Waals surface area contributed by atoms with Gasteiger partial charge in [0.2, 0.25) is 0 Å². The fourth-order valence-electron chi connectivity index (χ4n) is 1.64. The highest BCUT2D eigenvalue weighted by atomic mass is 35.5. The summed E-state index contributed by atoms with van der Waals surface area (Å²) in [6.45, 7) is 0.195. The molecule has 0 spiro atoms. The second-order valence-corrected chi connectivity index (χ2v) is 4.34. The minimum atomic E-state index is -0.891. The van der Waals surface area contributed by atoms with Crippen LogP contribution in [0.25, 0.3) is 0 Å². The average Bonchev–Trinajstić information content (AvgIpc) is 2.36. The highest BCUT2D eigenvalue weighted by Gasteiger charge is 2.17. The molecule has 2 N–H and O–H groups in total. The Hall–Kier alpha value is -2.07. The van der Waals surface area contributed by atoms with Crippen LogP contribution >= 0.6 is 11.6 Å². The fourth-order valence-corrected chi connectivity index (χ4v) is 1.83. The second kappa shape index (κ2) is 5.71. The Morgan fingerprint density at radius 3 is 2.58 bits per heavy atom. The number of halogens is 2. The quantitative estimate of drug-likeness (QED) is 0.935. The maximum atomic E-state index is 13.6. The lowest BCUT2D eigenvalue weighted by atomic mass is 10.1. The van der Waals surface area contributed by atoms with E-state index in [0.717, 1.165) is 11.6 Å². The Labute approximate surface area is 114 Å². The summed E-state index contributed by atoms with van der Waals surface area (Å²) < 4.78 is 19.0. The molecule has 2 rings (SSSR count). The summed E-state index contributed by atoms with van der Waals surface area (Å²) in [7, 11) is 0. The number of nitrogens with two attached hydrogens (primary N) is 1. The van der Waals surface area contributed by atoms with E-state index in [9.17, 15) is 9.18 Å². The van der Waals surface area contributed by atoms with E-state index < -0.39 is 11.7 Å². The minimum absolute atomic E-state index is 0.0429. The van der Waals surface area contributed by atoms with Gasteiger partial charge in [-0.3, -0.25) is 4.79 Å². The van der Waals surface area contributed by atoms with Crippen molar-refractivity contribution in [3.63, 3.8) is 0 Å². The molecule has 0 aromatic heterocycles. The maximum Gasteiger partial charge on any atom is 0.255 e. The molecule has 0 aliphatic carbocycles. The summed E-state index contributed by atoms with van der Waals surface area (Å²) in [5.41, 5.74) is 5.73. The molecule has 1 amide bonds. The number of primary amides is 1. The largest absolute Gasteiger partial charge is 0.488 e. The second-order valence-electron chi connectivity index (χ2n) is 3.90. The summed E-state index contributed by atoms with van der Waals surface area (Å²) in [4.78, 5) is 11.2. The molecule has 0 saturated heterocycles. The number of hydrogen-bond donors (Lipinski definition) is 1. The number of hydrogen-bond acceptors (Lipinski definition) is 2. The van der Waals surface area contributed by atoms with Crippen molar-refractivity contribution < 1.29 is 13.9 Å². The Balaban J connectivity index is 2.27. The molecule has 0 radical (unpaired) electrons. The smallest absolute Gasteiger partial charge is 0.255 e. The molecule has 3 nitrogen and oxygen atoms in total. The Morgan fingerprint density at radius 1 is 1.26 bits per heavy atom. The summed E-state index contributed by atoms with van der Waals surface area (Å²) in [5, 5.41) is 0.144. The zero-order chi connectivity index (χ0) is 13.8. The third kappa shape index (κ3) is 3.23. The summed E-state index contributed by atoms with van der Waals surface area (Å²) in [6.07, 6.45) is 0. The third-order valence-electron chi connectivity index (χ3n) is 2.50. The van der Waals surface area contributed by atoms with Gasteiger partial charge in [-0.15, -0.1) is 0 Å². The predicted octanol–water partition coefficient (Wildman–Crippen LogP) is 3.16. The number of rotatable bonds is 4. The van der Waals surface area contributed by atoms with Gasteiger partial charge in [0, 0.05) is 5.02 Å². The van der Waals surface area contributed by atoms with E-state index in [-0.39, 0.29) is 22.9 Å². The van der Waals surface area contributed by atoms with E-state index in [4.69, 9.17) is 22.1 Å². The van der Waals surface area contributed by atoms with Crippen LogP contribution in [0.5, 0.6) is 5.75 Å². The van der Waals surface area contributed by atoms with Crippen molar-refractivity contribution in [1.82, 2.24) is 0 Å². The number of benzene rings is 2. The van der Waals surface area contributed by atoms with Gasteiger partial charge in [-0.25, -0.2) is 4.39 Å². The summed E-state index contributed by atoms with van der Waals surface area (Å²) in [5.74, 6) is -1.64. The molecule has 0 fully saturated rings. The molecular weight excluding hydrogens is 269 g/mol. The van der Waals surface area contributed by atoms with Crippen molar-refractivity contribution in [2.45, 2.75) is 6.61 Å². The highest BCUT2D eigenvalue weighted by Crippen LogP contribution is 2.27. The SMILES string of the molecule is NC(=O)c1c(F)cc(Cl)cc1OCc1ccccc1. The van der Waals surface area contributed by atoms with E-state index in [0.29, 0.717) is 0 Å². The summed E-state index contributed by atoms with van der Waals surface area (Å²) in [6, 6.07) is 11.7. The monoisotopic (exact) mass is 279 g/mol. The van der Waals surface area contributed by atoms with Gasteiger partial charge in [-0.1, -0.05) is 41.9 Å². The normalized spacial score (nSPS) is 10.2. The van der Waals surface area contributed by atoms with Crippen LogP contribution in [0.2, 0.25) is 5.02 Å². The van der Waals surface area contributed by atoms with Gasteiger partial charge < -0.3 is 10.5 Å². The first kappa shape index (κ1) is 13.4. The van der Waals surface area contributed by atoms with Crippen LogP contribution in [0, 0.1) is 5.82 Å². The first-order valence-corrected chi connectivity index (χ1v) is 5.91. The van der Waals surface area contributed by atoms with E-state index in [2.05, 4.69) is 0 Å². The molecule has 2 aromatic rings. The van der Waals surface area contributed by atoms with Crippen molar-refractivity contribution in [1.29, 1.82) is 0 Å². The van der Waals surface area contributed by atoms with Gasteiger partial charge >= 0.3 is 0 Å². The Bertz CT molecular complexity index is 602. The van der Waals surface area contributed by atoms with Gasteiger partial charge in [-0.05, 0) is 17.7 Å². The molecule has 0 heterocycles. The maximum absolute atomic E-state index is 13.6. The molecule has 0 bridgehead atoms. The zero-order valence-electron chi connectivity index (χ0n) is 9.90. The van der Waals surface area contributed by atoms with Crippen LogP contribution in [0.15, 0.2) is 42.5 Å². The van der Waals surface area contributed by atoms with Crippen LogP contribution in [-0.2, 0) is 6.61 Å². The lowest BCUT2D eigenvalue weighted by molar-refractivity contribution is 0.0991. The van der Waals surface area contributed by atoms with Crippen molar-refractivity contribution in [3.05, 3.63) is 64.4 Å². The predicted molar refractivity (Wildman–Crippen MR) is 70.7 cm³/mol. The van der Waals surface area contributed by atoms with Gasteiger partial charge in [0.05, 0.1) is 0 Å². The van der Waals surface area contributed by atoms with Crippen LogP contribution in [0.3, 0.4) is 0 Å². The highest BCUT2D eigenvalue weighted by molar-refractivity contribution is 6.30. The number of carbonyl (C=O) groups is 1. The number of amides is 1. The van der Waals surface area contributed by atoms with Gasteiger partial charge in [0.1, 0.15) is 23.7 Å². The molecule has 98 valence electrons. The van der Waals surface area contributed by atoms with Gasteiger partial charge in [0.15, 0.2) is 0 Å². The molecule has 0 atom stereocenters. The van der Waals surface area contributed by atoms with E-state index in [1.807, 2.05) is 30.3 Å². The van der Waals surface area contributed by atoms with Gasteiger partial charge in [-0.2, -0.15) is 0 Å². The first-order chi connectivity index (χ1) is 9.08. The lowest BCUT2D eigenvalue weighted by Gasteiger charge is -2.11. The van der Waals surface area contributed by atoms with Crippen LogP contribution in [0.1, 0.15) is 15.9 Å². The fraction of sp³-hybridized carbons (Fsp3) is 0.0714. The minimum Gasteiger partial charge on any atom is -0.488 e. The van der Waals surface area contributed by atoms with Gasteiger partial charge in [0.25, 0.3) is 5.91 Å². The average molecular weight is 280 g/mol. The Morgan fingerprint density at radius 2 is 1.95 bits per heavy atom. The molecular formula is C14H11ClFNO2. The lowest BCUT2D eigenvalue weighted by Crippen LogP contribution is -2.15. The third-order valence-corrected chi connectivity index (χ3v) is 2.72. The molecule has 5 heteroatoms. The topological polar surface area (TPSA) is 52.3 Å². The van der Waals surface area contributed by atoms with Crippen LogP contribution < -0.4 is 10.5 Å². The van der Waals surface area contributed by atoms with Crippen molar-refractivity contribution in [2.75, 3.05) is 0 Å². The Kier molecular flexibility index (Phi) is 4.02. The number of carbonyl (C=O) groups excluding carboxylic acids is 1. The van der Waals surface area contributed by atoms with Crippen molar-refractivity contribution >= 4 is 17.5 Å². The molecule has 0 unspecified atom stereocenters. The standard InChI is InChI=1S/C14H11ClFNO2/c15-10-6-11(16)13(14(17)18)12(7-10)19-8-9-4-2-1-3-5-9/h1-7H,8H2,(H2,17,18). The van der Waals surface area contributed by atoms with Crippen LogP contribution in [0.4, 0.5) is 4.39 Å². The first-order valence-electron chi connectivity index (χ1n) is 5.53. The molecule has 19 heavy (non-hydrogen) atoms. The zero-order valence-corrected chi connectivity index (χ0v) is 10.7. The summed E-state index contributed by atoms with van der Waals surface area (Å²) >= 11 is 5.74. The van der Waals surface area contributed by atoms with Crippen molar-refractivity contribution in [2.24, 2.45) is 5.73 Å². The molecule has 0 aliphatic rings. The molecule has 2 aromatic carbocycles. The van der Waals surface area contributed by atoms with Crippen LogP contribution in [-0.4, -0.2) is 5.91 Å². The van der Waals surface area contributed by atoms with E-state index in [1.54, 1.807) is 0 Å². The molecule has 0 saturated carbocycles. The van der Waals surface area contributed by atoms with E-state index >= 15 is 0 Å².